The van der Waals surface area contributed by atoms with Crippen molar-refractivity contribution in [1.82, 2.24) is 0 Å². The minimum Gasteiger partial charge on any atom is -0.0617 e. The van der Waals surface area contributed by atoms with Crippen LogP contribution >= 0.6 is 0 Å². The summed E-state index contributed by atoms with van der Waals surface area (Å²) in [6.45, 7) is 11.1. The molecule has 0 radical (unpaired) electrons. The molecule has 0 bridgehead atoms. The molecule has 0 fully saturated rings. The van der Waals surface area contributed by atoms with Gasteiger partial charge in [-0.05, 0) is 61.1 Å². The standard InChI is InChI=1S/C18H22/c1-12-8-6-10-17(14(12)3)16(5)18-11-7-9-13(2)15(18)4/h6-11,16H,1-5H3. The Bertz CT molecular complexity index is 513. The molecule has 0 spiro atoms. The number of aryl methyl sites for hydroxylation is 2. The Balaban J connectivity index is 2.51. The average Bonchev–Trinajstić information content (AvgIpc) is 2.35. The first-order valence-corrected chi connectivity index (χ1v) is 6.64. The Kier molecular flexibility index (Phi) is 3.56. The molecule has 0 aromatic heterocycles. The van der Waals surface area contributed by atoms with E-state index in [-0.39, 0.29) is 0 Å². The summed E-state index contributed by atoms with van der Waals surface area (Å²) in [5, 5.41) is 0. The van der Waals surface area contributed by atoms with E-state index >= 15 is 0 Å². The van der Waals surface area contributed by atoms with E-state index in [1.165, 1.54) is 33.4 Å². The van der Waals surface area contributed by atoms with Crippen LogP contribution in [0.3, 0.4) is 0 Å². The number of hydrogen-bond donors (Lipinski definition) is 0. The first-order chi connectivity index (χ1) is 8.52. The van der Waals surface area contributed by atoms with Crippen molar-refractivity contribution in [3.05, 3.63) is 69.8 Å². The molecule has 0 aliphatic rings. The quantitative estimate of drug-likeness (QED) is 0.685. The molecule has 2 rings (SSSR count). The Morgan fingerprint density at radius 3 is 1.44 bits per heavy atom. The molecule has 94 valence electrons. The fourth-order valence-electron chi connectivity index (χ4n) is 2.65. The van der Waals surface area contributed by atoms with E-state index in [0.717, 1.165) is 0 Å². The van der Waals surface area contributed by atoms with Gasteiger partial charge in [0, 0.05) is 5.92 Å². The summed E-state index contributed by atoms with van der Waals surface area (Å²) in [5.74, 6) is 0.463. The second-order valence-corrected chi connectivity index (χ2v) is 5.30. The van der Waals surface area contributed by atoms with E-state index in [0.29, 0.717) is 5.92 Å². The van der Waals surface area contributed by atoms with Gasteiger partial charge in [0.25, 0.3) is 0 Å². The zero-order valence-electron chi connectivity index (χ0n) is 12.0. The summed E-state index contributed by atoms with van der Waals surface area (Å²) in [5.41, 5.74) is 8.50. The molecule has 0 heteroatoms. The van der Waals surface area contributed by atoms with Gasteiger partial charge in [0.15, 0.2) is 0 Å². The maximum absolute atomic E-state index is 2.31. The van der Waals surface area contributed by atoms with Gasteiger partial charge in [0.1, 0.15) is 0 Å². The predicted molar refractivity (Wildman–Crippen MR) is 79.3 cm³/mol. The average molecular weight is 238 g/mol. The maximum Gasteiger partial charge on any atom is 0.00664 e. The van der Waals surface area contributed by atoms with Gasteiger partial charge in [-0.2, -0.15) is 0 Å². The van der Waals surface area contributed by atoms with Crippen molar-refractivity contribution in [2.75, 3.05) is 0 Å². The highest BCUT2D eigenvalue weighted by Gasteiger charge is 2.14. The normalized spacial score (nSPS) is 11.0. The van der Waals surface area contributed by atoms with E-state index in [2.05, 4.69) is 71.0 Å². The van der Waals surface area contributed by atoms with Crippen molar-refractivity contribution < 1.29 is 0 Å². The van der Waals surface area contributed by atoms with Gasteiger partial charge < -0.3 is 0 Å². The highest BCUT2D eigenvalue weighted by molar-refractivity contribution is 5.44. The third kappa shape index (κ3) is 2.20. The molecule has 0 unspecified atom stereocenters. The first kappa shape index (κ1) is 12.9. The lowest BCUT2D eigenvalue weighted by atomic mass is 9.85. The van der Waals surface area contributed by atoms with Crippen molar-refractivity contribution in [3.8, 4) is 0 Å². The molecule has 0 aliphatic heterocycles. The lowest BCUT2D eigenvalue weighted by Gasteiger charge is -2.19. The topological polar surface area (TPSA) is 0 Å². The molecule has 0 amide bonds. The van der Waals surface area contributed by atoms with Crippen LogP contribution in [0.25, 0.3) is 0 Å². The van der Waals surface area contributed by atoms with Gasteiger partial charge in [-0.1, -0.05) is 43.3 Å². The van der Waals surface area contributed by atoms with Gasteiger partial charge in [-0.25, -0.2) is 0 Å². The monoisotopic (exact) mass is 238 g/mol. The zero-order chi connectivity index (χ0) is 13.3. The molecule has 2 aromatic rings. The van der Waals surface area contributed by atoms with Crippen LogP contribution < -0.4 is 0 Å². The van der Waals surface area contributed by atoms with Crippen LogP contribution in [-0.4, -0.2) is 0 Å². The summed E-state index contributed by atoms with van der Waals surface area (Å²) in [6.07, 6.45) is 0. The molecule has 0 aliphatic carbocycles. The molecule has 0 heterocycles. The summed E-state index contributed by atoms with van der Waals surface area (Å²) in [7, 11) is 0. The fraction of sp³-hybridized carbons (Fsp3) is 0.333. The van der Waals surface area contributed by atoms with Gasteiger partial charge in [0.2, 0.25) is 0 Å². The third-order valence-electron chi connectivity index (χ3n) is 4.23. The number of rotatable bonds is 2. The number of hydrogen-bond acceptors (Lipinski definition) is 0. The summed E-state index contributed by atoms with van der Waals surface area (Å²) < 4.78 is 0. The van der Waals surface area contributed by atoms with E-state index in [9.17, 15) is 0 Å². The first-order valence-electron chi connectivity index (χ1n) is 6.64. The van der Waals surface area contributed by atoms with Crippen molar-refractivity contribution >= 4 is 0 Å². The van der Waals surface area contributed by atoms with E-state index in [1.807, 2.05) is 0 Å². The minimum atomic E-state index is 0.463. The second-order valence-electron chi connectivity index (χ2n) is 5.30. The zero-order valence-corrected chi connectivity index (χ0v) is 12.0. The summed E-state index contributed by atoms with van der Waals surface area (Å²) in [4.78, 5) is 0. The van der Waals surface area contributed by atoms with Crippen LogP contribution in [0.1, 0.15) is 46.2 Å². The Hall–Kier alpha value is -1.56. The van der Waals surface area contributed by atoms with E-state index < -0.39 is 0 Å². The number of benzene rings is 2. The van der Waals surface area contributed by atoms with Crippen molar-refractivity contribution in [2.45, 2.75) is 40.5 Å². The molecule has 18 heavy (non-hydrogen) atoms. The van der Waals surface area contributed by atoms with Crippen LogP contribution in [0.2, 0.25) is 0 Å². The molecule has 2 aromatic carbocycles. The highest BCUT2D eigenvalue weighted by atomic mass is 14.2. The smallest absolute Gasteiger partial charge is 0.00664 e. The van der Waals surface area contributed by atoms with Crippen LogP contribution in [0.4, 0.5) is 0 Å². The fourth-order valence-corrected chi connectivity index (χ4v) is 2.65. The molecule has 0 nitrogen and oxygen atoms in total. The van der Waals surface area contributed by atoms with Crippen molar-refractivity contribution in [2.24, 2.45) is 0 Å². The van der Waals surface area contributed by atoms with Crippen molar-refractivity contribution in [3.63, 3.8) is 0 Å². The molecular formula is C18H22. The summed E-state index contributed by atoms with van der Waals surface area (Å²) in [6, 6.07) is 13.2. The van der Waals surface area contributed by atoms with Crippen LogP contribution in [0.5, 0.6) is 0 Å². The molecule has 0 saturated heterocycles. The van der Waals surface area contributed by atoms with Crippen LogP contribution in [0, 0.1) is 27.7 Å². The van der Waals surface area contributed by atoms with Crippen LogP contribution in [-0.2, 0) is 0 Å². The molecule has 0 saturated carbocycles. The summed E-state index contributed by atoms with van der Waals surface area (Å²) >= 11 is 0. The predicted octanol–water partition coefficient (Wildman–Crippen LogP) is 5.07. The molecule has 0 atom stereocenters. The lowest BCUT2D eigenvalue weighted by molar-refractivity contribution is 0.892. The Morgan fingerprint density at radius 2 is 1.06 bits per heavy atom. The SMILES string of the molecule is Cc1cccc(C(C)c2cccc(C)c2C)c1C. The highest BCUT2D eigenvalue weighted by Crippen LogP contribution is 2.30. The second kappa shape index (κ2) is 4.97. The Labute approximate surface area is 111 Å². The maximum atomic E-state index is 2.31. The lowest BCUT2D eigenvalue weighted by Crippen LogP contribution is -2.03. The minimum absolute atomic E-state index is 0.463. The molecular weight excluding hydrogens is 216 g/mol. The van der Waals surface area contributed by atoms with Gasteiger partial charge in [-0.3, -0.25) is 0 Å². The molecule has 0 N–H and O–H groups in total. The van der Waals surface area contributed by atoms with Gasteiger partial charge >= 0.3 is 0 Å². The van der Waals surface area contributed by atoms with Crippen LogP contribution in [0.15, 0.2) is 36.4 Å². The Morgan fingerprint density at radius 1 is 0.667 bits per heavy atom. The largest absolute Gasteiger partial charge is 0.0617 e. The van der Waals surface area contributed by atoms with E-state index in [4.69, 9.17) is 0 Å². The van der Waals surface area contributed by atoms with E-state index in [1.54, 1.807) is 0 Å². The van der Waals surface area contributed by atoms with Crippen molar-refractivity contribution in [1.29, 1.82) is 0 Å². The third-order valence-corrected chi connectivity index (χ3v) is 4.23. The van der Waals surface area contributed by atoms with Gasteiger partial charge in [-0.15, -0.1) is 0 Å². The van der Waals surface area contributed by atoms with Gasteiger partial charge in [0.05, 0.1) is 0 Å².